The summed E-state index contributed by atoms with van der Waals surface area (Å²) in [5.41, 5.74) is 6.36. The molecule has 19 heavy (non-hydrogen) atoms. The van der Waals surface area contributed by atoms with Gasteiger partial charge in [-0.05, 0) is 36.7 Å². The van der Waals surface area contributed by atoms with Gasteiger partial charge in [0, 0.05) is 6.54 Å². The van der Waals surface area contributed by atoms with Gasteiger partial charge in [0.2, 0.25) is 0 Å². The average Bonchev–Trinajstić information content (AvgIpc) is 2.80. The van der Waals surface area contributed by atoms with Gasteiger partial charge in [-0.1, -0.05) is 20.3 Å². The van der Waals surface area contributed by atoms with Crippen molar-refractivity contribution < 1.29 is 9.21 Å². The van der Waals surface area contributed by atoms with E-state index < -0.39 is 0 Å². The Labute approximate surface area is 114 Å². The number of hydrogen-bond acceptors (Lipinski definition) is 3. The zero-order valence-electron chi connectivity index (χ0n) is 11.9. The van der Waals surface area contributed by atoms with Crippen molar-refractivity contribution in [2.75, 3.05) is 6.54 Å². The zero-order valence-corrected chi connectivity index (χ0v) is 11.9. The first-order valence-electron chi connectivity index (χ1n) is 7.10. The van der Waals surface area contributed by atoms with Crippen LogP contribution < -0.4 is 11.1 Å². The topological polar surface area (TPSA) is 68.3 Å². The molecule has 106 valence electrons. The zero-order chi connectivity index (χ0) is 13.9. The quantitative estimate of drug-likeness (QED) is 0.830. The smallest absolute Gasteiger partial charge is 0.254 e. The van der Waals surface area contributed by atoms with E-state index in [9.17, 15) is 4.79 Å². The number of nitrogens with one attached hydrogen (secondary N) is 1. The van der Waals surface area contributed by atoms with Crippen molar-refractivity contribution in [2.45, 2.75) is 46.1 Å². The third kappa shape index (κ3) is 3.38. The van der Waals surface area contributed by atoms with Crippen LogP contribution in [-0.2, 0) is 6.54 Å². The molecule has 0 unspecified atom stereocenters. The number of rotatable bonds is 6. The van der Waals surface area contributed by atoms with Crippen molar-refractivity contribution in [3.63, 3.8) is 0 Å². The number of carbonyl (C=O) groups excluding carboxylic acids is 1. The van der Waals surface area contributed by atoms with Gasteiger partial charge in [-0.3, -0.25) is 4.79 Å². The standard InChI is InChI=1S/C15H24N2O2/c1-11(2)7-15(4-3-5-15)10-17-14(18)12-6-13(8-16)19-9-12/h6,9,11H,3-5,7-8,10,16H2,1-2H3,(H,17,18). The average molecular weight is 264 g/mol. The number of amides is 1. The summed E-state index contributed by atoms with van der Waals surface area (Å²) >= 11 is 0. The van der Waals surface area contributed by atoms with Gasteiger partial charge in [-0.2, -0.15) is 0 Å². The Morgan fingerprint density at radius 3 is 2.74 bits per heavy atom. The van der Waals surface area contributed by atoms with Crippen molar-refractivity contribution in [1.29, 1.82) is 0 Å². The summed E-state index contributed by atoms with van der Waals surface area (Å²) in [7, 11) is 0. The molecule has 3 N–H and O–H groups in total. The highest BCUT2D eigenvalue weighted by Gasteiger charge is 2.37. The molecule has 1 aliphatic rings. The van der Waals surface area contributed by atoms with Gasteiger partial charge < -0.3 is 15.5 Å². The summed E-state index contributed by atoms with van der Waals surface area (Å²) < 4.78 is 5.19. The lowest BCUT2D eigenvalue weighted by atomic mass is 9.64. The van der Waals surface area contributed by atoms with Gasteiger partial charge in [-0.25, -0.2) is 0 Å². The summed E-state index contributed by atoms with van der Waals surface area (Å²) in [6.45, 7) is 5.58. The molecule has 0 atom stereocenters. The molecule has 1 amide bonds. The molecule has 4 nitrogen and oxygen atoms in total. The van der Waals surface area contributed by atoms with Crippen molar-refractivity contribution in [1.82, 2.24) is 5.32 Å². The van der Waals surface area contributed by atoms with Crippen LogP contribution in [-0.4, -0.2) is 12.5 Å². The fraction of sp³-hybridized carbons (Fsp3) is 0.667. The molecule has 0 spiro atoms. The van der Waals surface area contributed by atoms with E-state index in [2.05, 4.69) is 19.2 Å². The van der Waals surface area contributed by atoms with Crippen LogP contribution in [0.2, 0.25) is 0 Å². The molecule has 1 heterocycles. The molecule has 2 rings (SSSR count). The first-order valence-corrected chi connectivity index (χ1v) is 7.10. The van der Waals surface area contributed by atoms with E-state index >= 15 is 0 Å². The Kier molecular flexibility index (Phi) is 4.30. The molecule has 1 aromatic rings. The summed E-state index contributed by atoms with van der Waals surface area (Å²) in [6.07, 6.45) is 6.40. The second kappa shape index (κ2) is 5.78. The van der Waals surface area contributed by atoms with Gasteiger partial charge >= 0.3 is 0 Å². The van der Waals surface area contributed by atoms with Crippen LogP contribution in [0.15, 0.2) is 16.7 Å². The Bertz CT molecular complexity index is 433. The fourth-order valence-corrected chi connectivity index (χ4v) is 2.97. The molecular weight excluding hydrogens is 240 g/mol. The molecule has 0 bridgehead atoms. The van der Waals surface area contributed by atoms with Crippen LogP contribution in [0, 0.1) is 11.3 Å². The van der Waals surface area contributed by atoms with Gasteiger partial charge in [0.1, 0.15) is 12.0 Å². The maximum absolute atomic E-state index is 12.0. The van der Waals surface area contributed by atoms with Crippen molar-refractivity contribution in [2.24, 2.45) is 17.1 Å². The predicted octanol–water partition coefficient (Wildman–Crippen LogP) is 2.68. The van der Waals surface area contributed by atoms with E-state index in [-0.39, 0.29) is 5.91 Å². The third-order valence-corrected chi connectivity index (χ3v) is 4.00. The van der Waals surface area contributed by atoms with E-state index in [1.165, 1.54) is 31.9 Å². The molecule has 0 radical (unpaired) electrons. The third-order valence-electron chi connectivity index (χ3n) is 4.00. The van der Waals surface area contributed by atoms with E-state index in [1.54, 1.807) is 6.07 Å². The number of hydrogen-bond donors (Lipinski definition) is 2. The Morgan fingerprint density at radius 2 is 2.26 bits per heavy atom. The van der Waals surface area contributed by atoms with Crippen molar-refractivity contribution in [3.8, 4) is 0 Å². The molecule has 1 aliphatic carbocycles. The van der Waals surface area contributed by atoms with E-state index in [4.69, 9.17) is 10.2 Å². The summed E-state index contributed by atoms with van der Waals surface area (Å²) in [6, 6.07) is 1.71. The minimum Gasteiger partial charge on any atom is -0.467 e. The lowest BCUT2D eigenvalue weighted by Gasteiger charge is -2.43. The number of carbonyl (C=O) groups is 1. The van der Waals surface area contributed by atoms with Gasteiger partial charge in [0.05, 0.1) is 12.1 Å². The Hall–Kier alpha value is -1.29. The highest BCUT2D eigenvalue weighted by molar-refractivity contribution is 5.94. The van der Waals surface area contributed by atoms with Crippen LogP contribution in [0.25, 0.3) is 0 Å². The normalized spacial score (nSPS) is 17.3. The number of furan rings is 1. The van der Waals surface area contributed by atoms with Crippen molar-refractivity contribution in [3.05, 3.63) is 23.7 Å². The van der Waals surface area contributed by atoms with Crippen LogP contribution in [0.4, 0.5) is 0 Å². The summed E-state index contributed by atoms with van der Waals surface area (Å²) in [5.74, 6) is 1.26. The van der Waals surface area contributed by atoms with Crippen LogP contribution in [0.5, 0.6) is 0 Å². The summed E-state index contributed by atoms with van der Waals surface area (Å²) in [5, 5.41) is 3.04. The Balaban J connectivity index is 1.88. The number of nitrogens with two attached hydrogens (primary N) is 1. The lowest BCUT2D eigenvalue weighted by molar-refractivity contribution is 0.0780. The molecule has 0 saturated heterocycles. The maximum atomic E-state index is 12.0. The van der Waals surface area contributed by atoms with Crippen molar-refractivity contribution >= 4 is 5.91 Å². The van der Waals surface area contributed by atoms with Crippen LogP contribution in [0.1, 0.15) is 55.6 Å². The van der Waals surface area contributed by atoms with Gasteiger partial charge in [0.25, 0.3) is 5.91 Å². The van der Waals surface area contributed by atoms with E-state index in [0.29, 0.717) is 29.2 Å². The highest BCUT2D eigenvalue weighted by Crippen LogP contribution is 2.45. The van der Waals surface area contributed by atoms with Gasteiger partial charge in [-0.15, -0.1) is 0 Å². The lowest BCUT2D eigenvalue weighted by Crippen LogP contribution is -2.42. The van der Waals surface area contributed by atoms with E-state index in [1.807, 2.05) is 0 Å². The fourth-order valence-electron chi connectivity index (χ4n) is 2.97. The maximum Gasteiger partial charge on any atom is 0.254 e. The highest BCUT2D eigenvalue weighted by atomic mass is 16.3. The monoisotopic (exact) mass is 264 g/mol. The summed E-state index contributed by atoms with van der Waals surface area (Å²) in [4.78, 5) is 12.0. The first-order chi connectivity index (χ1) is 9.04. The second-order valence-corrected chi connectivity index (χ2v) is 6.14. The minimum atomic E-state index is -0.0570. The molecule has 4 heteroatoms. The second-order valence-electron chi connectivity index (χ2n) is 6.14. The predicted molar refractivity (Wildman–Crippen MR) is 74.7 cm³/mol. The van der Waals surface area contributed by atoms with E-state index in [0.717, 1.165) is 6.54 Å². The molecule has 0 aliphatic heterocycles. The molecular formula is C15H24N2O2. The first kappa shape index (κ1) is 14.1. The SMILES string of the molecule is CC(C)CC1(CNC(=O)c2coc(CN)c2)CCC1. The largest absolute Gasteiger partial charge is 0.467 e. The molecule has 1 saturated carbocycles. The van der Waals surface area contributed by atoms with Crippen LogP contribution >= 0.6 is 0 Å². The Morgan fingerprint density at radius 1 is 1.53 bits per heavy atom. The molecule has 1 fully saturated rings. The minimum absolute atomic E-state index is 0.0570. The van der Waals surface area contributed by atoms with Gasteiger partial charge in [0.15, 0.2) is 0 Å². The molecule has 1 aromatic heterocycles. The van der Waals surface area contributed by atoms with Crippen LogP contribution in [0.3, 0.4) is 0 Å². The molecule has 0 aromatic carbocycles.